The highest BCUT2D eigenvalue weighted by atomic mass is 127. The van der Waals surface area contributed by atoms with Gasteiger partial charge in [-0.15, -0.1) is 0 Å². The van der Waals surface area contributed by atoms with Gasteiger partial charge in [-0.25, -0.2) is 0 Å². The number of halogens is 3. The van der Waals surface area contributed by atoms with E-state index >= 15 is 0 Å². The van der Waals surface area contributed by atoms with E-state index in [0.717, 1.165) is 48.3 Å². The van der Waals surface area contributed by atoms with Gasteiger partial charge in [0.1, 0.15) is 18.9 Å². The Morgan fingerprint density at radius 3 is 2.17 bits per heavy atom. The van der Waals surface area contributed by atoms with Gasteiger partial charge in [-0.05, 0) is 60.6 Å². The Morgan fingerprint density at radius 1 is 0.933 bits per heavy atom. The molecule has 0 saturated carbocycles. The van der Waals surface area contributed by atoms with E-state index in [0.29, 0.717) is 16.7 Å². The third-order valence-electron chi connectivity index (χ3n) is 6.54. The van der Waals surface area contributed by atoms with E-state index in [1.54, 1.807) is 0 Å². The highest BCUT2D eigenvalue weighted by molar-refractivity contribution is 6.35. The second-order valence-electron chi connectivity index (χ2n) is 8.80. The van der Waals surface area contributed by atoms with Crippen LogP contribution < -0.4 is 28.7 Å². The summed E-state index contributed by atoms with van der Waals surface area (Å²) in [6.45, 7) is 15.2. The zero-order chi connectivity index (χ0) is 21.7. The van der Waals surface area contributed by atoms with Crippen LogP contribution in [0.5, 0.6) is 5.75 Å². The summed E-state index contributed by atoms with van der Waals surface area (Å²) < 4.78 is 7.30. The molecule has 0 bridgehead atoms. The largest absolute Gasteiger partial charge is 1.00 e. The Hall–Kier alpha value is -0.490. The Kier molecular flexibility index (Phi) is 11.0. The number of hydrogen-bond donors (Lipinski definition) is 0. The van der Waals surface area contributed by atoms with E-state index in [9.17, 15) is 0 Å². The Morgan fingerprint density at radius 2 is 1.60 bits per heavy atom. The summed E-state index contributed by atoms with van der Waals surface area (Å²) in [5.74, 6) is 0.949. The lowest BCUT2D eigenvalue weighted by atomic mass is 9.81. The molecular weight excluding hydrogens is 528 g/mol. The molecule has 0 radical (unpaired) electrons. The average Bonchev–Trinajstić information content (AvgIpc) is 2.70. The van der Waals surface area contributed by atoms with Crippen molar-refractivity contribution >= 4 is 23.2 Å². The van der Waals surface area contributed by atoms with E-state index < -0.39 is 0 Å². The molecule has 0 atom stereocenters. The SMILES string of the molecule is CCC(C)(C)c1ccc(OCC[N+](C)(CC)CC)c(Cc2ccc(Cl)cc2Cl)c1.[I-]. The standard InChI is InChI=1S/C25H36Cl2NO.HI/c1-7-25(4,5)21-11-13-24(29-15-14-28(6,8-2)9-3)20(17-21)16-19-10-12-22(26)18-23(19)27;/h10-13,17-18H,7-9,14-16H2,1-6H3;1H/q+1;/p-1. The van der Waals surface area contributed by atoms with Gasteiger partial charge in [0.25, 0.3) is 0 Å². The first-order valence-electron chi connectivity index (χ1n) is 10.7. The Bertz CT molecular complexity index is 819. The fraction of sp³-hybridized carbons (Fsp3) is 0.520. The molecule has 0 aliphatic heterocycles. The van der Waals surface area contributed by atoms with Crippen molar-refractivity contribution in [1.82, 2.24) is 0 Å². The van der Waals surface area contributed by atoms with Crippen molar-refractivity contribution in [3.8, 4) is 5.75 Å². The zero-order valence-corrected chi connectivity index (χ0v) is 22.9. The number of ether oxygens (including phenoxy) is 1. The third-order valence-corrected chi connectivity index (χ3v) is 7.12. The lowest BCUT2D eigenvalue weighted by Gasteiger charge is -2.32. The van der Waals surface area contributed by atoms with E-state index in [4.69, 9.17) is 27.9 Å². The number of benzene rings is 2. The molecule has 30 heavy (non-hydrogen) atoms. The summed E-state index contributed by atoms with van der Waals surface area (Å²) in [6.07, 6.45) is 1.81. The maximum atomic E-state index is 6.46. The molecule has 2 rings (SSSR count). The summed E-state index contributed by atoms with van der Waals surface area (Å²) in [4.78, 5) is 0. The highest BCUT2D eigenvalue weighted by Crippen LogP contribution is 2.33. The van der Waals surface area contributed by atoms with Crippen molar-refractivity contribution in [2.45, 2.75) is 52.9 Å². The van der Waals surface area contributed by atoms with Crippen molar-refractivity contribution in [3.63, 3.8) is 0 Å². The van der Waals surface area contributed by atoms with Gasteiger partial charge in [-0.1, -0.05) is 62.2 Å². The number of likely N-dealkylation sites (N-methyl/N-ethyl adjacent to an activating group) is 1. The molecular formula is C25H36Cl2INO. The molecule has 168 valence electrons. The summed E-state index contributed by atoms with van der Waals surface area (Å²) in [7, 11) is 2.28. The van der Waals surface area contributed by atoms with Crippen LogP contribution in [0, 0.1) is 0 Å². The second-order valence-corrected chi connectivity index (χ2v) is 9.64. The lowest BCUT2D eigenvalue weighted by molar-refractivity contribution is -0.906. The molecule has 0 fully saturated rings. The quantitative estimate of drug-likeness (QED) is 0.312. The number of hydrogen-bond acceptors (Lipinski definition) is 1. The second kappa shape index (κ2) is 11.9. The first-order chi connectivity index (χ1) is 13.6. The fourth-order valence-corrected chi connectivity index (χ4v) is 3.74. The number of nitrogens with zero attached hydrogens (tertiary/aromatic N) is 1. The minimum Gasteiger partial charge on any atom is -1.00 e. The van der Waals surface area contributed by atoms with Crippen LogP contribution in [0.3, 0.4) is 0 Å². The fourth-order valence-electron chi connectivity index (χ4n) is 3.27. The van der Waals surface area contributed by atoms with E-state index in [2.05, 4.69) is 59.9 Å². The minimum absolute atomic E-state index is 0. The van der Waals surface area contributed by atoms with Crippen molar-refractivity contribution in [3.05, 3.63) is 63.1 Å². The average molecular weight is 564 g/mol. The van der Waals surface area contributed by atoms with Gasteiger partial charge in [-0.3, -0.25) is 0 Å². The predicted octanol–water partition coefficient (Wildman–Crippen LogP) is 4.14. The Balaban J connectivity index is 0.00000450. The van der Waals surface area contributed by atoms with Gasteiger partial charge < -0.3 is 33.2 Å². The van der Waals surface area contributed by atoms with Crippen molar-refractivity contribution in [2.75, 3.05) is 33.3 Å². The van der Waals surface area contributed by atoms with Gasteiger partial charge in [0.15, 0.2) is 0 Å². The van der Waals surface area contributed by atoms with Gasteiger partial charge in [0, 0.05) is 16.5 Å². The van der Waals surface area contributed by atoms with Gasteiger partial charge in [0.2, 0.25) is 0 Å². The molecule has 0 saturated heterocycles. The summed E-state index contributed by atoms with van der Waals surface area (Å²) >= 11 is 12.5. The van der Waals surface area contributed by atoms with Gasteiger partial charge >= 0.3 is 0 Å². The van der Waals surface area contributed by atoms with Crippen LogP contribution >= 0.6 is 23.2 Å². The molecule has 0 aliphatic rings. The predicted molar refractivity (Wildman–Crippen MR) is 127 cm³/mol. The maximum Gasteiger partial charge on any atom is 0.137 e. The summed E-state index contributed by atoms with van der Waals surface area (Å²) in [5, 5.41) is 1.36. The number of rotatable bonds is 10. The minimum atomic E-state index is 0. The van der Waals surface area contributed by atoms with Crippen LogP contribution in [0.2, 0.25) is 10.0 Å². The number of quaternary nitrogens is 1. The lowest BCUT2D eigenvalue weighted by Crippen LogP contribution is -3.00. The van der Waals surface area contributed by atoms with Crippen LogP contribution in [-0.2, 0) is 11.8 Å². The van der Waals surface area contributed by atoms with Crippen LogP contribution in [0.15, 0.2) is 36.4 Å². The first-order valence-corrected chi connectivity index (χ1v) is 11.4. The normalized spacial score (nSPS) is 11.9. The third kappa shape index (κ3) is 7.29. The summed E-state index contributed by atoms with van der Waals surface area (Å²) in [5.41, 5.74) is 3.69. The smallest absolute Gasteiger partial charge is 0.137 e. The first kappa shape index (κ1) is 27.5. The topological polar surface area (TPSA) is 9.23 Å². The zero-order valence-electron chi connectivity index (χ0n) is 19.2. The van der Waals surface area contributed by atoms with Crippen molar-refractivity contribution in [2.24, 2.45) is 0 Å². The van der Waals surface area contributed by atoms with Crippen molar-refractivity contribution < 1.29 is 33.2 Å². The molecule has 0 unspecified atom stereocenters. The van der Waals surface area contributed by atoms with Crippen LogP contribution in [0.4, 0.5) is 0 Å². The molecule has 2 aromatic carbocycles. The molecule has 0 aromatic heterocycles. The van der Waals surface area contributed by atoms with Crippen LogP contribution in [0.25, 0.3) is 0 Å². The van der Waals surface area contributed by atoms with Crippen molar-refractivity contribution in [1.29, 1.82) is 0 Å². The Labute approximate surface area is 210 Å². The molecule has 0 spiro atoms. The molecule has 0 heterocycles. The molecule has 2 nitrogen and oxygen atoms in total. The van der Waals surface area contributed by atoms with E-state index in [1.165, 1.54) is 11.1 Å². The molecule has 0 aliphatic carbocycles. The van der Waals surface area contributed by atoms with Gasteiger partial charge in [0.05, 0.1) is 20.1 Å². The summed E-state index contributed by atoms with van der Waals surface area (Å²) in [6, 6.07) is 12.3. The molecule has 0 amide bonds. The van der Waals surface area contributed by atoms with Gasteiger partial charge in [-0.2, -0.15) is 0 Å². The van der Waals surface area contributed by atoms with Crippen LogP contribution in [0.1, 0.15) is 57.7 Å². The van der Waals surface area contributed by atoms with E-state index in [-0.39, 0.29) is 29.4 Å². The monoisotopic (exact) mass is 563 g/mol. The molecule has 2 aromatic rings. The maximum absolute atomic E-state index is 6.46. The molecule has 0 N–H and O–H groups in total. The molecule has 5 heteroatoms. The highest BCUT2D eigenvalue weighted by Gasteiger charge is 2.21. The van der Waals surface area contributed by atoms with E-state index in [1.807, 2.05) is 18.2 Å². The van der Waals surface area contributed by atoms with Crippen LogP contribution in [-0.4, -0.2) is 37.8 Å².